The Bertz CT molecular complexity index is 774. The van der Waals surface area contributed by atoms with Gasteiger partial charge in [0.2, 0.25) is 0 Å². The van der Waals surface area contributed by atoms with Crippen LogP contribution in [0, 0.1) is 5.92 Å². The van der Waals surface area contributed by atoms with E-state index in [0.29, 0.717) is 23.2 Å². The van der Waals surface area contributed by atoms with Crippen LogP contribution in [-0.4, -0.2) is 37.3 Å². The van der Waals surface area contributed by atoms with E-state index >= 15 is 0 Å². The van der Waals surface area contributed by atoms with Crippen molar-refractivity contribution in [2.75, 3.05) is 19.6 Å². The number of aromatic nitrogens is 1. The van der Waals surface area contributed by atoms with Gasteiger partial charge in [0.15, 0.2) is 0 Å². The van der Waals surface area contributed by atoms with Crippen molar-refractivity contribution in [3.05, 3.63) is 47.1 Å². The average molecular weight is 335 g/mol. The highest BCUT2D eigenvalue weighted by Gasteiger charge is 2.39. The van der Waals surface area contributed by atoms with Crippen LogP contribution in [0.4, 0.5) is 0 Å². The Balaban J connectivity index is 1.77. The molecular weight excluding hydrogens is 318 g/mol. The second kappa shape index (κ2) is 5.42. The lowest BCUT2D eigenvalue weighted by molar-refractivity contribution is 0.350. The van der Waals surface area contributed by atoms with Crippen LogP contribution in [0.25, 0.3) is 0 Å². The maximum Gasteiger partial charge on any atom is 0.252 e. The Morgan fingerprint density at radius 1 is 1.27 bits per heavy atom. The van der Waals surface area contributed by atoms with Crippen LogP contribution in [-0.2, 0) is 16.6 Å². The molecule has 2 aromatic heterocycles. The molecular formula is C15H17N3O2S2. The Morgan fingerprint density at radius 3 is 3.00 bits per heavy atom. The van der Waals surface area contributed by atoms with Crippen LogP contribution in [0.3, 0.4) is 0 Å². The molecule has 0 unspecified atom stereocenters. The van der Waals surface area contributed by atoms with Crippen molar-refractivity contribution < 1.29 is 8.42 Å². The summed E-state index contributed by atoms with van der Waals surface area (Å²) >= 11 is 1.28. The van der Waals surface area contributed by atoms with Crippen LogP contribution in [0.5, 0.6) is 0 Å². The van der Waals surface area contributed by atoms with Crippen molar-refractivity contribution in [3.63, 3.8) is 0 Å². The lowest BCUT2D eigenvalue weighted by Crippen LogP contribution is -2.34. The molecule has 4 rings (SSSR count). The molecule has 1 N–H and O–H groups in total. The SMILES string of the molecule is O=S(=O)(c1cccs1)N1Cc2cccnc2[C@H]2CNC[C@@H]2C1. The molecule has 1 saturated heterocycles. The molecule has 4 heterocycles. The molecule has 22 heavy (non-hydrogen) atoms. The minimum absolute atomic E-state index is 0.283. The van der Waals surface area contributed by atoms with E-state index in [1.807, 2.05) is 12.1 Å². The smallest absolute Gasteiger partial charge is 0.252 e. The first kappa shape index (κ1) is 14.3. The van der Waals surface area contributed by atoms with Gasteiger partial charge in [-0.05, 0) is 35.5 Å². The molecule has 2 aliphatic rings. The van der Waals surface area contributed by atoms with Crippen LogP contribution < -0.4 is 5.32 Å². The van der Waals surface area contributed by atoms with Gasteiger partial charge in [-0.25, -0.2) is 8.42 Å². The lowest BCUT2D eigenvalue weighted by Gasteiger charge is -2.22. The summed E-state index contributed by atoms with van der Waals surface area (Å²) in [4.78, 5) is 4.54. The summed E-state index contributed by atoms with van der Waals surface area (Å²) in [6.07, 6.45) is 1.80. The van der Waals surface area contributed by atoms with Gasteiger partial charge in [0.05, 0.1) is 0 Å². The number of hydrogen-bond donors (Lipinski definition) is 1. The summed E-state index contributed by atoms with van der Waals surface area (Å²) in [5, 5.41) is 5.19. The van der Waals surface area contributed by atoms with Crippen LogP contribution in [0.1, 0.15) is 17.2 Å². The lowest BCUT2D eigenvalue weighted by atomic mass is 9.91. The zero-order chi connectivity index (χ0) is 15.2. The first-order chi connectivity index (χ1) is 10.7. The van der Waals surface area contributed by atoms with Gasteiger partial charge in [-0.1, -0.05) is 12.1 Å². The van der Waals surface area contributed by atoms with Crippen LogP contribution in [0.15, 0.2) is 40.1 Å². The fourth-order valence-corrected chi connectivity index (χ4v) is 6.02. The molecule has 0 aliphatic carbocycles. The third-order valence-corrected chi connectivity index (χ3v) is 7.68. The topological polar surface area (TPSA) is 62.3 Å². The van der Waals surface area contributed by atoms with Gasteiger partial charge < -0.3 is 5.32 Å². The zero-order valence-corrected chi connectivity index (χ0v) is 13.6. The van der Waals surface area contributed by atoms with E-state index in [1.54, 1.807) is 28.0 Å². The van der Waals surface area contributed by atoms with Gasteiger partial charge in [-0.3, -0.25) is 4.98 Å². The zero-order valence-electron chi connectivity index (χ0n) is 12.0. The molecule has 0 spiro atoms. The van der Waals surface area contributed by atoms with E-state index < -0.39 is 10.0 Å². The van der Waals surface area contributed by atoms with Gasteiger partial charge >= 0.3 is 0 Å². The largest absolute Gasteiger partial charge is 0.316 e. The van der Waals surface area contributed by atoms with E-state index in [4.69, 9.17) is 0 Å². The third-order valence-electron chi connectivity index (χ3n) is 4.49. The monoisotopic (exact) mass is 335 g/mol. The third kappa shape index (κ3) is 2.28. The minimum atomic E-state index is -3.43. The standard InChI is InChI=1S/C15H17N3O2S2/c19-22(20,14-4-2-6-21-14)18-9-11-3-1-5-17-15(11)13-8-16-7-12(13)10-18/h1-6,12-13,16H,7-10H2/t12-,13+/m1/s1. The van der Waals surface area contributed by atoms with E-state index in [0.717, 1.165) is 24.3 Å². The Labute approximate surface area is 134 Å². The molecule has 2 aromatic rings. The molecule has 2 atom stereocenters. The predicted octanol–water partition coefficient (Wildman–Crippen LogP) is 1.65. The van der Waals surface area contributed by atoms with Gasteiger partial charge in [0.25, 0.3) is 10.0 Å². The molecule has 0 bridgehead atoms. The number of rotatable bonds is 2. The van der Waals surface area contributed by atoms with Gasteiger partial charge in [0, 0.05) is 37.4 Å². The van der Waals surface area contributed by atoms with E-state index in [1.165, 1.54) is 11.3 Å². The number of fused-ring (bicyclic) bond motifs is 3. The molecule has 0 amide bonds. The van der Waals surface area contributed by atoms with Crippen molar-refractivity contribution in [3.8, 4) is 0 Å². The number of sulfonamides is 1. The Kier molecular flexibility index (Phi) is 3.53. The highest BCUT2D eigenvalue weighted by molar-refractivity contribution is 7.91. The number of nitrogens with zero attached hydrogens (tertiary/aromatic N) is 2. The molecule has 7 heteroatoms. The quantitative estimate of drug-likeness (QED) is 0.906. The van der Waals surface area contributed by atoms with Crippen molar-refractivity contribution >= 4 is 21.4 Å². The summed E-state index contributed by atoms with van der Waals surface area (Å²) in [7, 11) is -3.43. The number of pyridine rings is 1. The fourth-order valence-electron chi connectivity index (χ4n) is 3.40. The number of thiophene rings is 1. The first-order valence-corrected chi connectivity index (χ1v) is 9.66. The van der Waals surface area contributed by atoms with Crippen molar-refractivity contribution in [2.45, 2.75) is 16.7 Å². The summed E-state index contributed by atoms with van der Waals surface area (Å²) in [5.41, 5.74) is 2.08. The second-order valence-corrected chi connectivity index (χ2v) is 8.91. The van der Waals surface area contributed by atoms with E-state index in [2.05, 4.69) is 10.3 Å². The highest BCUT2D eigenvalue weighted by atomic mass is 32.2. The van der Waals surface area contributed by atoms with E-state index in [9.17, 15) is 8.42 Å². The molecule has 1 fully saturated rings. The molecule has 0 saturated carbocycles. The van der Waals surface area contributed by atoms with Gasteiger partial charge in [-0.2, -0.15) is 4.31 Å². The van der Waals surface area contributed by atoms with Crippen LogP contribution in [0.2, 0.25) is 0 Å². The summed E-state index contributed by atoms with van der Waals surface area (Å²) in [5.74, 6) is 0.589. The number of hydrogen-bond acceptors (Lipinski definition) is 5. The van der Waals surface area contributed by atoms with Crippen molar-refractivity contribution in [2.24, 2.45) is 5.92 Å². The summed E-state index contributed by atoms with van der Waals surface area (Å²) in [6, 6.07) is 7.35. The highest BCUT2D eigenvalue weighted by Crippen LogP contribution is 2.35. The summed E-state index contributed by atoms with van der Waals surface area (Å²) in [6.45, 7) is 2.68. The van der Waals surface area contributed by atoms with Gasteiger partial charge in [-0.15, -0.1) is 11.3 Å². The maximum atomic E-state index is 12.9. The molecule has 116 valence electrons. The first-order valence-electron chi connectivity index (χ1n) is 7.34. The Morgan fingerprint density at radius 2 is 2.18 bits per heavy atom. The van der Waals surface area contributed by atoms with Crippen LogP contribution >= 0.6 is 11.3 Å². The van der Waals surface area contributed by atoms with Crippen molar-refractivity contribution in [1.29, 1.82) is 0 Å². The average Bonchev–Trinajstić information content (AvgIpc) is 3.17. The number of nitrogens with one attached hydrogen (secondary N) is 1. The van der Waals surface area contributed by atoms with Crippen molar-refractivity contribution in [1.82, 2.24) is 14.6 Å². The minimum Gasteiger partial charge on any atom is -0.316 e. The molecule has 5 nitrogen and oxygen atoms in total. The van der Waals surface area contributed by atoms with E-state index in [-0.39, 0.29) is 5.92 Å². The maximum absolute atomic E-state index is 12.9. The second-order valence-electron chi connectivity index (χ2n) is 5.80. The Hall–Kier alpha value is -1.28. The normalized spacial score (nSPS) is 25.5. The predicted molar refractivity (Wildman–Crippen MR) is 85.3 cm³/mol. The van der Waals surface area contributed by atoms with Gasteiger partial charge in [0.1, 0.15) is 4.21 Å². The fraction of sp³-hybridized carbons (Fsp3) is 0.400. The molecule has 2 aliphatic heterocycles. The summed E-state index contributed by atoms with van der Waals surface area (Å²) < 4.78 is 27.8. The molecule has 0 aromatic carbocycles. The molecule has 0 radical (unpaired) electrons.